The molecule has 23 heavy (non-hydrogen) atoms. The average molecular weight is 314 g/mol. The van der Waals surface area contributed by atoms with Crippen LogP contribution < -0.4 is 10.1 Å². The Hall–Kier alpha value is -2.48. The Morgan fingerprint density at radius 3 is 2.74 bits per heavy atom. The predicted molar refractivity (Wildman–Crippen MR) is 87.9 cm³/mol. The lowest BCUT2D eigenvalue weighted by Gasteiger charge is -2.33. The summed E-state index contributed by atoms with van der Waals surface area (Å²) in [7, 11) is 1.62. The summed E-state index contributed by atoms with van der Waals surface area (Å²) < 4.78 is 5.11. The minimum absolute atomic E-state index is 0.0167. The topological polar surface area (TPSA) is 58.6 Å². The largest absolute Gasteiger partial charge is 0.497 e. The van der Waals surface area contributed by atoms with Gasteiger partial charge in [0.25, 0.3) is 5.91 Å². The van der Waals surface area contributed by atoms with E-state index in [0.717, 1.165) is 30.7 Å². The van der Waals surface area contributed by atoms with Gasteiger partial charge in [0.1, 0.15) is 5.75 Å². The molecule has 0 bridgehead atoms. The maximum atomic E-state index is 12.4. The second-order valence-corrected chi connectivity index (χ2v) is 5.55. The number of nitrogens with zero attached hydrogens (tertiary/aromatic N) is 1. The van der Waals surface area contributed by atoms with Crippen LogP contribution in [-0.4, -0.2) is 43.0 Å². The van der Waals surface area contributed by atoms with Gasteiger partial charge in [-0.3, -0.25) is 9.59 Å². The number of nitrogens with one attached hydrogen (secondary N) is 1. The Morgan fingerprint density at radius 2 is 2.09 bits per heavy atom. The lowest BCUT2D eigenvalue weighted by atomic mass is 10.0. The zero-order valence-electron chi connectivity index (χ0n) is 13.6. The number of piperidine rings is 1. The fourth-order valence-electron chi connectivity index (χ4n) is 2.69. The number of rotatable bonds is 4. The highest BCUT2D eigenvalue weighted by molar-refractivity contribution is 5.93. The van der Waals surface area contributed by atoms with E-state index in [-0.39, 0.29) is 17.9 Å². The third-order valence-electron chi connectivity index (χ3n) is 3.86. The molecule has 122 valence electrons. The summed E-state index contributed by atoms with van der Waals surface area (Å²) in [5.74, 6) is 5.63. The second-order valence-electron chi connectivity index (χ2n) is 5.55. The molecule has 1 heterocycles. The van der Waals surface area contributed by atoms with Crippen LogP contribution in [0.25, 0.3) is 0 Å². The van der Waals surface area contributed by atoms with Crippen molar-refractivity contribution in [1.29, 1.82) is 0 Å². The Balaban J connectivity index is 1.90. The monoisotopic (exact) mass is 314 g/mol. The molecule has 1 fully saturated rings. The van der Waals surface area contributed by atoms with Crippen molar-refractivity contribution in [2.24, 2.45) is 0 Å². The van der Waals surface area contributed by atoms with Crippen LogP contribution in [0.5, 0.6) is 5.75 Å². The third-order valence-corrected chi connectivity index (χ3v) is 3.86. The van der Waals surface area contributed by atoms with Crippen LogP contribution in [-0.2, 0) is 16.0 Å². The molecule has 2 rings (SSSR count). The highest BCUT2D eigenvalue weighted by Crippen LogP contribution is 2.15. The molecule has 1 aromatic carbocycles. The van der Waals surface area contributed by atoms with E-state index in [1.807, 2.05) is 29.2 Å². The van der Waals surface area contributed by atoms with Gasteiger partial charge in [-0.1, -0.05) is 18.1 Å². The molecule has 1 aromatic rings. The average Bonchev–Trinajstić information content (AvgIpc) is 2.56. The van der Waals surface area contributed by atoms with E-state index >= 15 is 0 Å². The van der Waals surface area contributed by atoms with Crippen molar-refractivity contribution in [3.05, 3.63) is 29.8 Å². The van der Waals surface area contributed by atoms with E-state index in [2.05, 4.69) is 17.2 Å². The molecule has 1 aliphatic rings. The van der Waals surface area contributed by atoms with Crippen LogP contribution in [0.1, 0.15) is 25.3 Å². The number of hydrogen-bond donors (Lipinski definition) is 1. The Kier molecular flexibility index (Phi) is 6.04. The Morgan fingerprint density at radius 1 is 1.35 bits per heavy atom. The predicted octanol–water partition coefficient (Wildman–Crippen LogP) is 1.37. The summed E-state index contributed by atoms with van der Waals surface area (Å²) in [6.45, 7) is 2.91. The molecule has 1 unspecified atom stereocenters. The van der Waals surface area contributed by atoms with Gasteiger partial charge >= 0.3 is 0 Å². The molecule has 2 amide bonds. The molecule has 1 aliphatic heterocycles. The first-order chi connectivity index (χ1) is 11.1. The standard InChI is InChI=1S/C18H22N2O3/c1-3-5-17(21)19-15-6-4-11-20(13-15)18(22)12-14-7-9-16(23-2)10-8-14/h7-10,15H,4,6,11-13H2,1-2H3,(H,19,21). The summed E-state index contributed by atoms with van der Waals surface area (Å²) in [5.41, 5.74) is 0.957. The van der Waals surface area contributed by atoms with E-state index in [9.17, 15) is 9.59 Å². The number of methoxy groups -OCH3 is 1. The van der Waals surface area contributed by atoms with Crippen LogP contribution in [0.2, 0.25) is 0 Å². The first-order valence-corrected chi connectivity index (χ1v) is 7.76. The summed E-state index contributed by atoms with van der Waals surface area (Å²) in [6.07, 6.45) is 2.13. The summed E-state index contributed by atoms with van der Waals surface area (Å²) in [5, 5.41) is 2.86. The van der Waals surface area contributed by atoms with E-state index < -0.39 is 0 Å². The van der Waals surface area contributed by atoms with Crippen LogP contribution in [0.4, 0.5) is 0 Å². The SMILES string of the molecule is CC#CC(=O)NC1CCCN(C(=O)Cc2ccc(OC)cc2)C1. The van der Waals surface area contributed by atoms with E-state index in [0.29, 0.717) is 13.0 Å². The van der Waals surface area contributed by atoms with Gasteiger partial charge < -0.3 is 15.0 Å². The number of benzene rings is 1. The van der Waals surface area contributed by atoms with Crippen LogP contribution in [0.15, 0.2) is 24.3 Å². The lowest BCUT2D eigenvalue weighted by molar-refractivity contribution is -0.132. The minimum Gasteiger partial charge on any atom is -0.497 e. The van der Waals surface area contributed by atoms with Crippen molar-refractivity contribution in [2.75, 3.05) is 20.2 Å². The van der Waals surface area contributed by atoms with Gasteiger partial charge in [-0.2, -0.15) is 0 Å². The molecular formula is C18H22N2O3. The number of carbonyl (C=O) groups is 2. The van der Waals surface area contributed by atoms with Crippen LogP contribution in [0, 0.1) is 11.8 Å². The first-order valence-electron chi connectivity index (χ1n) is 7.76. The molecule has 0 radical (unpaired) electrons. The molecule has 1 saturated heterocycles. The van der Waals surface area contributed by atoms with Gasteiger partial charge in [-0.05, 0) is 43.4 Å². The Labute approximate surface area is 137 Å². The molecule has 1 atom stereocenters. The number of likely N-dealkylation sites (tertiary alicyclic amines) is 1. The van der Waals surface area contributed by atoms with Gasteiger partial charge in [-0.25, -0.2) is 0 Å². The smallest absolute Gasteiger partial charge is 0.296 e. The number of carbonyl (C=O) groups excluding carboxylic acids is 2. The fourth-order valence-corrected chi connectivity index (χ4v) is 2.69. The zero-order valence-corrected chi connectivity index (χ0v) is 13.6. The van der Waals surface area contributed by atoms with Crippen molar-refractivity contribution in [1.82, 2.24) is 10.2 Å². The van der Waals surface area contributed by atoms with E-state index in [1.54, 1.807) is 14.0 Å². The molecule has 0 spiro atoms. The Bertz CT molecular complexity index is 613. The summed E-state index contributed by atoms with van der Waals surface area (Å²) in [4.78, 5) is 25.8. The van der Waals surface area contributed by atoms with Crippen LogP contribution in [0.3, 0.4) is 0 Å². The number of amides is 2. The maximum Gasteiger partial charge on any atom is 0.296 e. The van der Waals surface area contributed by atoms with Gasteiger partial charge in [0, 0.05) is 19.1 Å². The van der Waals surface area contributed by atoms with Crippen molar-refractivity contribution in [2.45, 2.75) is 32.2 Å². The summed E-state index contributed by atoms with van der Waals surface area (Å²) in [6, 6.07) is 7.49. The number of hydrogen-bond acceptors (Lipinski definition) is 3. The van der Waals surface area contributed by atoms with Gasteiger partial charge in [0.05, 0.1) is 13.5 Å². The maximum absolute atomic E-state index is 12.4. The number of ether oxygens (including phenoxy) is 1. The van der Waals surface area contributed by atoms with Crippen molar-refractivity contribution in [3.8, 4) is 17.6 Å². The second kappa shape index (κ2) is 8.23. The highest BCUT2D eigenvalue weighted by Gasteiger charge is 2.24. The molecule has 1 N–H and O–H groups in total. The van der Waals surface area contributed by atoms with E-state index in [1.165, 1.54) is 0 Å². The van der Waals surface area contributed by atoms with Crippen LogP contribution >= 0.6 is 0 Å². The molecule has 0 aromatic heterocycles. The normalized spacial score (nSPS) is 17.0. The van der Waals surface area contributed by atoms with Gasteiger partial charge in [-0.15, -0.1) is 0 Å². The highest BCUT2D eigenvalue weighted by atomic mass is 16.5. The van der Waals surface area contributed by atoms with Crippen molar-refractivity contribution < 1.29 is 14.3 Å². The van der Waals surface area contributed by atoms with Crippen molar-refractivity contribution in [3.63, 3.8) is 0 Å². The van der Waals surface area contributed by atoms with Gasteiger partial charge in [0.15, 0.2) is 0 Å². The molecular weight excluding hydrogens is 292 g/mol. The minimum atomic E-state index is -0.276. The van der Waals surface area contributed by atoms with E-state index in [4.69, 9.17) is 4.74 Å². The molecule has 5 heteroatoms. The first kappa shape index (κ1) is 16.9. The van der Waals surface area contributed by atoms with Crippen molar-refractivity contribution >= 4 is 11.8 Å². The lowest BCUT2D eigenvalue weighted by Crippen LogP contribution is -2.49. The molecule has 0 aliphatic carbocycles. The summed E-state index contributed by atoms with van der Waals surface area (Å²) >= 11 is 0. The molecule has 0 saturated carbocycles. The van der Waals surface area contributed by atoms with Gasteiger partial charge in [0.2, 0.25) is 5.91 Å². The molecule has 5 nitrogen and oxygen atoms in total. The zero-order chi connectivity index (χ0) is 16.7. The third kappa shape index (κ3) is 5.03. The quantitative estimate of drug-likeness (QED) is 0.854. The fraction of sp³-hybridized carbons (Fsp3) is 0.444.